The second-order valence-corrected chi connectivity index (χ2v) is 9.79. The van der Waals surface area contributed by atoms with Crippen molar-refractivity contribution in [2.75, 3.05) is 5.73 Å². The van der Waals surface area contributed by atoms with Gasteiger partial charge in [0.1, 0.15) is 17.2 Å². The summed E-state index contributed by atoms with van der Waals surface area (Å²) in [6, 6.07) is 8.68. The fourth-order valence-electron chi connectivity index (χ4n) is 5.09. The number of aryl methyl sites for hydroxylation is 2. The number of hydrogen-bond donors (Lipinski definition) is 2. The number of nitrogens with two attached hydrogens (primary N) is 1. The molecular weight excluding hydrogens is 432 g/mol. The molecule has 1 saturated carbocycles. The van der Waals surface area contributed by atoms with Gasteiger partial charge in [0.15, 0.2) is 11.5 Å². The highest BCUT2D eigenvalue weighted by atomic mass is 16.5. The minimum Gasteiger partial charge on any atom is -0.463 e. The molecule has 9 heteroatoms. The fourth-order valence-corrected chi connectivity index (χ4v) is 5.09. The molecule has 0 saturated heterocycles. The number of aliphatic imine (C=N–C) groups is 1. The first kappa shape index (κ1) is 22.3. The standard InChI is InChI=1S/C25H30N6O3/c1-14-27-22(26)20-23(28-14)33-25(2,3)21(30-20)18-11-9-17(10-12-18)16-7-4-15(5-8-16)6-13-19-29-24(32)34-31-19/h9-12,15-16H,4-8,13H2,1-3H3,(H2,26,27,28)(H,29,31,32)/t15-,16-. The van der Waals surface area contributed by atoms with Gasteiger partial charge in [-0.1, -0.05) is 24.3 Å². The number of rotatable bonds is 5. The summed E-state index contributed by atoms with van der Waals surface area (Å²) in [5.41, 5.74) is 9.15. The number of hydrogen-bond acceptors (Lipinski definition) is 8. The van der Waals surface area contributed by atoms with Crippen molar-refractivity contribution in [3.63, 3.8) is 0 Å². The summed E-state index contributed by atoms with van der Waals surface area (Å²) in [6.45, 7) is 5.77. The van der Waals surface area contributed by atoms with E-state index in [9.17, 15) is 4.79 Å². The summed E-state index contributed by atoms with van der Waals surface area (Å²) < 4.78 is 10.8. The SMILES string of the molecule is Cc1nc(N)c2c(n1)OC(C)(C)C(c1ccc([C@H]3CC[C@H](CCc4nc(=O)o[nH]4)CC3)cc1)=N2. The minimum atomic E-state index is -0.631. The lowest BCUT2D eigenvalue weighted by Crippen LogP contribution is -2.41. The topological polar surface area (TPSA) is 132 Å². The Morgan fingerprint density at radius 3 is 2.50 bits per heavy atom. The molecule has 9 nitrogen and oxygen atoms in total. The Bertz CT molecular complexity index is 1270. The van der Waals surface area contributed by atoms with Gasteiger partial charge in [-0.15, -0.1) is 0 Å². The second-order valence-electron chi connectivity index (χ2n) is 9.79. The van der Waals surface area contributed by atoms with E-state index in [1.54, 1.807) is 6.92 Å². The van der Waals surface area contributed by atoms with Crippen LogP contribution >= 0.6 is 0 Å². The zero-order valence-electron chi connectivity index (χ0n) is 19.8. The normalized spacial score (nSPS) is 21.4. The van der Waals surface area contributed by atoms with Crippen LogP contribution in [0.15, 0.2) is 38.6 Å². The molecule has 1 aliphatic carbocycles. The number of nitrogens with one attached hydrogen (secondary N) is 1. The lowest BCUT2D eigenvalue weighted by molar-refractivity contribution is 0.171. The molecule has 3 aromatic rings. The van der Waals surface area contributed by atoms with Crippen molar-refractivity contribution >= 4 is 17.2 Å². The average molecular weight is 463 g/mol. The van der Waals surface area contributed by atoms with Crippen molar-refractivity contribution in [2.24, 2.45) is 10.9 Å². The molecule has 0 bridgehead atoms. The van der Waals surface area contributed by atoms with E-state index < -0.39 is 11.4 Å². The van der Waals surface area contributed by atoms with Gasteiger partial charge in [0.25, 0.3) is 0 Å². The van der Waals surface area contributed by atoms with Crippen molar-refractivity contribution in [3.8, 4) is 5.88 Å². The molecule has 34 heavy (non-hydrogen) atoms. The molecular formula is C25H30N6O3. The number of fused-ring (bicyclic) bond motifs is 1. The molecule has 1 aliphatic heterocycles. The molecule has 3 heterocycles. The highest BCUT2D eigenvalue weighted by Gasteiger charge is 2.35. The third-order valence-corrected chi connectivity index (χ3v) is 6.91. The molecule has 0 spiro atoms. The number of anilines is 1. The highest BCUT2D eigenvalue weighted by Crippen LogP contribution is 2.40. The zero-order chi connectivity index (χ0) is 23.9. The van der Waals surface area contributed by atoms with Gasteiger partial charge in [-0.3, -0.25) is 0 Å². The lowest BCUT2D eigenvalue weighted by atomic mass is 9.77. The van der Waals surface area contributed by atoms with Crippen LogP contribution in [-0.2, 0) is 6.42 Å². The Balaban J connectivity index is 1.26. The van der Waals surface area contributed by atoms with Crippen molar-refractivity contribution in [2.45, 2.75) is 70.8 Å². The first-order valence-electron chi connectivity index (χ1n) is 11.9. The maximum atomic E-state index is 11.0. The summed E-state index contributed by atoms with van der Waals surface area (Å²) >= 11 is 0. The van der Waals surface area contributed by atoms with Gasteiger partial charge in [0, 0.05) is 12.0 Å². The quantitative estimate of drug-likeness (QED) is 0.579. The van der Waals surface area contributed by atoms with E-state index in [1.165, 1.54) is 18.4 Å². The van der Waals surface area contributed by atoms with Gasteiger partial charge in [-0.2, -0.15) is 9.97 Å². The van der Waals surface area contributed by atoms with E-state index >= 15 is 0 Å². The molecule has 178 valence electrons. The smallest absolute Gasteiger partial charge is 0.459 e. The molecule has 2 aliphatic rings. The molecule has 5 rings (SSSR count). The van der Waals surface area contributed by atoms with Crippen molar-refractivity contribution in [3.05, 3.63) is 57.6 Å². The Morgan fingerprint density at radius 1 is 1.09 bits per heavy atom. The Labute approximate surface area is 197 Å². The Morgan fingerprint density at radius 2 is 1.82 bits per heavy atom. The monoisotopic (exact) mass is 462 g/mol. The van der Waals surface area contributed by atoms with Crippen molar-refractivity contribution in [1.82, 2.24) is 20.1 Å². The van der Waals surface area contributed by atoms with E-state index in [0.717, 1.165) is 37.0 Å². The maximum Gasteiger partial charge on any atom is 0.459 e. The van der Waals surface area contributed by atoms with Crippen molar-refractivity contribution < 1.29 is 9.26 Å². The lowest BCUT2D eigenvalue weighted by Gasteiger charge is -2.32. The summed E-state index contributed by atoms with van der Waals surface area (Å²) in [5.74, 6) is 2.64. The molecule has 1 fully saturated rings. The van der Waals surface area contributed by atoms with Gasteiger partial charge >= 0.3 is 5.76 Å². The van der Waals surface area contributed by atoms with Crippen LogP contribution in [-0.4, -0.2) is 31.4 Å². The summed E-state index contributed by atoms with van der Waals surface area (Å²) in [7, 11) is 0. The first-order chi connectivity index (χ1) is 16.3. The average Bonchev–Trinajstić information content (AvgIpc) is 3.22. The van der Waals surface area contributed by atoms with Crippen LogP contribution in [0.5, 0.6) is 5.88 Å². The van der Waals surface area contributed by atoms with Gasteiger partial charge in [0.05, 0.1) is 5.71 Å². The van der Waals surface area contributed by atoms with Gasteiger partial charge < -0.3 is 15.0 Å². The van der Waals surface area contributed by atoms with Crippen LogP contribution in [0.25, 0.3) is 0 Å². The van der Waals surface area contributed by atoms with E-state index in [-0.39, 0.29) is 0 Å². The van der Waals surface area contributed by atoms with Crippen LogP contribution in [0.1, 0.15) is 74.6 Å². The fraction of sp³-hybridized carbons (Fsp3) is 0.480. The Kier molecular flexibility index (Phi) is 5.71. The van der Waals surface area contributed by atoms with Crippen molar-refractivity contribution in [1.29, 1.82) is 0 Å². The van der Waals surface area contributed by atoms with Crippen LogP contribution in [0, 0.1) is 12.8 Å². The number of H-pyrrole nitrogens is 1. The number of nitrogens with zero attached hydrogens (tertiary/aromatic N) is 4. The molecule has 2 aromatic heterocycles. The number of aromatic amines is 1. The minimum absolute atomic E-state index is 0.332. The molecule has 1 aromatic carbocycles. The van der Waals surface area contributed by atoms with Crippen LogP contribution in [0.4, 0.5) is 11.5 Å². The van der Waals surface area contributed by atoms with E-state index in [2.05, 4.69) is 48.9 Å². The summed E-state index contributed by atoms with van der Waals surface area (Å²) in [4.78, 5) is 28.3. The molecule has 0 amide bonds. The molecule has 0 radical (unpaired) electrons. The second kappa shape index (κ2) is 8.70. The summed E-state index contributed by atoms with van der Waals surface area (Å²) in [6.07, 6.45) is 6.46. The zero-order valence-corrected chi connectivity index (χ0v) is 19.8. The van der Waals surface area contributed by atoms with Gasteiger partial charge in [-0.25, -0.2) is 19.9 Å². The summed E-state index contributed by atoms with van der Waals surface area (Å²) in [5, 5.41) is 2.60. The number of ether oxygens (including phenoxy) is 1. The molecule has 0 atom stereocenters. The largest absolute Gasteiger partial charge is 0.463 e. The van der Waals surface area contributed by atoms with Gasteiger partial charge in [-0.05, 0) is 70.3 Å². The first-order valence-corrected chi connectivity index (χ1v) is 11.9. The van der Waals surface area contributed by atoms with Crippen LogP contribution < -0.4 is 16.2 Å². The molecule has 0 unspecified atom stereocenters. The number of nitrogen functional groups attached to an aromatic ring is 1. The van der Waals surface area contributed by atoms with Crippen LogP contribution in [0.3, 0.4) is 0 Å². The molecule has 3 N–H and O–H groups in total. The maximum absolute atomic E-state index is 11.0. The number of benzene rings is 1. The predicted molar refractivity (Wildman–Crippen MR) is 129 cm³/mol. The third kappa shape index (κ3) is 4.47. The highest BCUT2D eigenvalue weighted by molar-refractivity contribution is 6.09. The number of aromatic nitrogens is 4. The predicted octanol–water partition coefficient (Wildman–Crippen LogP) is 4.24. The van der Waals surface area contributed by atoms with E-state index in [0.29, 0.717) is 40.9 Å². The van der Waals surface area contributed by atoms with Gasteiger partial charge in [0.2, 0.25) is 5.88 Å². The Hall–Kier alpha value is -3.49. The van der Waals surface area contributed by atoms with E-state index in [4.69, 9.17) is 15.5 Å². The third-order valence-electron chi connectivity index (χ3n) is 6.91. The van der Waals surface area contributed by atoms with E-state index in [1.807, 2.05) is 13.8 Å². The van der Waals surface area contributed by atoms with Crippen LogP contribution in [0.2, 0.25) is 0 Å².